The van der Waals surface area contributed by atoms with E-state index >= 15 is 0 Å². The Morgan fingerprint density at radius 3 is 1.73 bits per heavy atom. The van der Waals surface area contributed by atoms with Gasteiger partial charge >= 0.3 is 70.9 Å². The van der Waals surface area contributed by atoms with Crippen LogP contribution in [-0.4, -0.2) is 70.3 Å². The van der Waals surface area contributed by atoms with Gasteiger partial charge in [0.05, 0.1) is 57.2 Å². The van der Waals surface area contributed by atoms with E-state index in [0.717, 1.165) is 126 Å². The molecular weight excluding hydrogens is 1320 g/mol. The fourth-order valence-corrected chi connectivity index (χ4v) is 12.1. The fourth-order valence-electron chi connectivity index (χ4n) is 11.4. The smallest absolute Gasteiger partial charge is 0.478 e. The number of methoxy groups -OCH3 is 1. The van der Waals surface area contributed by atoms with Crippen LogP contribution in [0.15, 0.2) is 175 Å². The van der Waals surface area contributed by atoms with E-state index in [1.165, 1.54) is 34.9 Å². The Hall–Kier alpha value is -6.97. The van der Waals surface area contributed by atoms with Gasteiger partial charge in [-0.2, -0.15) is 18.2 Å². The van der Waals surface area contributed by atoms with Crippen molar-refractivity contribution >= 4 is 95.5 Å². The van der Waals surface area contributed by atoms with Crippen LogP contribution in [-0.2, 0) is 54.4 Å². The fraction of sp³-hybridized carbons (Fsp3) is 0.260. The molecule has 0 bridgehead atoms. The number of carbonyl (C=O) groups is 2. The number of nitrogens with zero attached hydrogens (tertiary/aromatic N) is 7. The van der Waals surface area contributed by atoms with Gasteiger partial charge in [-0.15, -0.1) is 5.56 Å². The summed E-state index contributed by atoms with van der Waals surface area (Å²) in [4.78, 5) is 45.9. The Labute approximate surface area is 596 Å². The number of H-pyrrole nitrogens is 1. The van der Waals surface area contributed by atoms with E-state index in [1.54, 1.807) is 18.2 Å². The molecule has 19 heteroatoms. The van der Waals surface area contributed by atoms with Gasteiger partial charge in [0.25, 0.3) is 0 Å². The van der Waals surface area contributed by atoms with Gasteiger partial charge in [-0.05, 0) is 168 Å². The average Bonchev–Trinajstić information content (AvgIpc) is 1.56. The molecule has 0 unspecified atom stereocenters. The van der Waals surface area contributed by atoms with E-state index in [4.69, 9.17) is 14.7 Å². The number of aromatic nitrogens is 8. The predicted molar refractivity (Wildman–Crippen MR) is 370 cm³/mol. The Bertz CT molecular complexity index is 4470. The number of hydrogen-bond acceptors (Lipinski definition) is 7. The number of imidazole rings is 4. The molecule has 0 fully saturated rings. The molecule has 0 aliphatic carbocycles. The molecule has 0 saturated carbocycles. The van der Waals surface area contributed by atoms with Crippen LogP contribution in [0.4, 0.5) is 12.9 Å². The van der Waals surface area contributed by atoms with Gasteiger partial charge in [-0.25, -0.2) is 24.5 Å². The SMILES string of the molecule is CCCc1nc2c(C)c[c-]cc2[nH]1.CCCc1nc2c(C)cc(C(C)(C)c3nc4ccccc4n3C)cc2n1C(C)(C)Cc1ccc(-c2ccccc2C(=O)O)cc1.COC(=O)c1ccccc1-c1ccc(CBr)cc1.Cn1c(Br)nc2ccccc21.FB(F)F.[K+]. The number of fused-ring (bicyclic) bond motifs is 4. The second-order valence-electron chi connectivity index (χ2n) is 23.3. The number of alkyl halides is 1. The number of carboxylic acid groups (broad SMARTS) is 1. The second kappa shape index (κ2) is 32.7. The third-order valence-electron chi connectivity index (χ3n) is 15.9. The molecule has 0 amide bonds. The normalized spacial score (nSPS) is 11.1. The quantitative estimate of drug-likeness (QED) is 0.0474. The standard InChI is InChI=1S/C39H42N4O2.C15H13BrO2.C11H13N2.C8H7BrN2.BF3.K/c1-8-13-34-41-35-25(2)22-28(39(5,6)37-40-31-16-11-12-17-32(31)42(37)7)23-33(35)43(34)38(3,4)24-26-18-20-27(21-19-26)29-14-9-10-15-30(29)36(44)45;1-18-15(17)14-5-3-2-4-13(14)12-8-6-11(10-16)7-9-12;1-3-5-10-12-9-7-4-6-8(2)11(9)13-10;1-11-7-5-3-2-4-6(7)10-8(11)9;2-1(3)4;/h9-12,14-23H,8,13,24H2,1-7H3,(H,44,45);2-9H,10H2,1H3;6-7H,3,5H2,1-2H3,(H,12,13);2-5H,1H3;;/q;;-1;;;+1. The van der Waals surface area contributed by atoms with Gasteiger partial charge in [0.1, 0.15) is 11.6 Å². The number of carbonyl (C=O) groups excluding carboxylic acids is 1. The number of nitrogens with one attached hydrogen (secondary N) is 1. The first-order chi connectivity index (χ1) is 43.5. The molecule has 470 valence electrons. The van der Waals surface area contributed by atoms with Gasteiger partial charge in [-0.3, -0.25) is 17.9 Å². The maximum atomic E-state index is 11.8. The zero-order chi connectivity index (χ0) is 65.7. The minimum Gasteiger partial charge on any atom is -0.478 e. The molecule has 0 spiro atoms. The molecule has 0 saturated heterocycles. The van der Waals surface area contributed by atoms with Crippen molar-refractivity contribution in [1.29, 1.82) is 0 Å². The number of hydrogen-bond donors (Lipinski definition) is 2. The number of halogens is 5. The van der Waals surface area contributed by atoms with Crippen molar-refractivity contribution in [2.24, 2.45) is 14.1 Å². The van der Waals surface area contributed by atoms with E-state index < -0.39 is 13.5 Å². The molecule has 12 nitrogen and oxygen atoms in total. The van der Waals surface area contributed by atoms with Crippen LogP contribution < -0.4 is 51.4 Å². The number of ether oxygens (including phenoxy) is 1. The molecule has 8 aromatic carbocycles. The van der Waals surface area contributed by atoms with Gasteiger partial charge in [0.2, 0.25) is 0 Å². The summed E-state index contributed by atoms with van der Waals surface area (Å²) < 4.78 is 41.4. The summed E-state index contributed by atoms with van der Waals surface area (Å²) in [5.41, 5.74) is 18.5. The number of aromatic amines is 1. The number of benzene rings is 8. The van der Waals surface area contributed by atoms with Gasteiger partial charge in [0.15, 0.2) is 4.73 Å². The van der Waals surface area contributed by atoms with E-state index in [0.29, 0.717) is 11.1 Å². The topological polar surface area (TPSA) is 146 Å². The Kier molecular flexibility index (Phi) is 25.8. The molecule has 4 heterocycles. The largest absolute Gasteiger partial charge is 1.00 e. The van der Waals surface area contributed by atoms with Gasteiger partial charge < -0.3 is 28.5 Å². The molecule has 92 heavy (non-hydrogen) atoms. The molecule has 12 rings (SSSR count). The monoisotopic (exact) mass is 1390 g/mol. The van der Waals surface area contributed by atoms with E-state index in [-0.39, 0.29) is 68.3 Å². The average molecular weight is 1400 g/mol. The Morgan fingerprint density at radius 1 is 0.652 bits per heavy atom. The van der Waals surface area contributed by atoms with Crippen LogP contribution in [0.25, 0.3) is 66.4 Å². The van der Waals surface area contributed by atoms with Crippen molar-refractivity contribution in [2.75, 3.05) is 7.11 Å². The first-order valence-corrected chi connectivity index (χ1v) is 32.0. The summed E-state index contributed by atoms with van der Waals surface area (Å²) in [6.45, 7) is 17.7. The summed E-state index contributed by atoms with van der Waals surface area (Å²) in [5.74, 6) is 1.99. The van der Waals surface area contributed by atoms with Crippen LogP contribution >= 0.6 is 31.9 Å². The van der Waals surface area contributed by atoms with E-state index in [1.807, 2.05) is 121 Å². The second-order valence-corrected chi connectivity index (χ2v) is 24.6. The number of para-hydroxylation sites is 4. The number of aromatic carboxylic acids is 1. The molecule has 12 aromatic rings. The van der Waals surface area contributed by atoms with Crippen LogP contribution in [0.5, 0.6) is 0 Å². The first-order valence-electron chi connectivity index (χ1n) is 30.0. The summed E-state index contributed by atoms with van der Waals surface area (Å²) in [6.07, 6.45) is 4.85. The van der Waals surface area contributed by atoms with Crippen molar-refractivity contribution in [2.45, 2.75) is 104 Å². The number of esters is 1. The maximum Gasteiger partial charge on any atom is 1.00 e. The number of rotatable bonds is 14. The number of aryl methyl sites for hydroxylation is 6. The minimum absolute atomic E-state index is 0. The van der Waals surface area contributed by atoms with E-state index in [2.05, 4.69) is 167 Å². The zero-order valence-corrected chi connectivity index (χ0v) is 60.5. The van der Waals surface area contributed by atoms with Crippen molar-refractivity contribution in [1.82, 2.24) is 38.6 Å². The molecule has 0 aliphatic rings. The van der Waals surface area contributed by atoms with Gasteiger partial charge in [0, 0.05) is 43.2 Å². The summed E-state index contributed by atoms with van der Waals surface area (Å²) in [7, 11) is 1.82. The zero-order valence-electron chi connectivity index (χ0n) is 54.2. The third kappa shape index (κ3) is 17.2. The molecule has 2 N–H and O–H groups in total. The molecule has 0 radical (unpaired) electrons. The molecule has 0 atom stereocenters. The number of carboxylic acids is 1. The summed E-state index contributed by atoms with van der Waals surface area (Å²) in [6, 6.07) is 59.0. The molecular formula is C73H75BBr2F3KN8O4. The van der Waals surface area contributed by atoms with Gasteiger partial charge in [-0.1, -0.05) is 152 Å². The summed E-state index contributed by atoms with van der Waals surface area (Å²) >= 11 is 6.77. The van der Waals surface area contributed by atoms with Crippen molar-refractivity contribution in [3.63, 3.8) is 0 Å². The van der Waals surface area contributed by atoms with Crippen molar-refractivity contribution in [3.05, 3.63) is 237 Å². The molecule has 4 aromatic heterocycles. The first kappa shape index (κ1) is 72.5. The Balaban J connectivity index is 0.000000206. The maximum absolute atomic E-state index is 11.8. The Morgan fingerprint density at radius 2 is 1.18 bits per heavy atom. The summed E-state index contributed by atoms with van der Waals surface area (Å²) in [5, 5.41) is 10.5. The van der Waals surface area contributed by atoms with Crippen LogP contribution in [0.1, 0.15) is 120 Å². The van der Waals surface area contributed by atoms with Crippen LogP contribution in [0, 0.1) is 19.9 Å². The third-order valence-corrected chi connectivity index (χ3v) is 17.2. The van der Waals surface area contributed by atoms with Crippen LogP contribution in [0.3, 0.4) is 0 Å². The molecule has 0 aliphatic heterocycles. The van der Waals surface area contributed by atoms with Crippen LogP contribution in [0.2, 0.25) is 0 Å². The van der Waals surface area contributed by atoms with Crippen molar-refractivity contribution in [3.8, 4) is 22.3 Å². The predicted octanol–water partition coefficient (Wildman–Crippen LogP) is 15.7. The van der Waals surface area contributed by atoms with E-state index in [9.17, 15) is 27.6 Å². The van der Waals surface area contributed by atoms with Crippen molar-refractivity contribution < 1.29 is 83.8 Å². The minimum atomic E-state index is -3.67.